The molecule has 37 heavy (non-hydrogen) atoms. The van der Waals surface area contributed by atoms with Crippen LogP contribution in [0.3, 0.4) is 0 Å². The fourth-order valence-electron chi connectivity index (χ4n) is 3.39. The summed E-state index contributed by atoms with van der Waals surface area (Å²) in [7, 11) is 0. The Bertz CT molecular complexity index is 1220. The van der Waals surface area contributed by atoms with E-state index in [0.29, 0.717) is 11.4 Å². The third-order valence-corrected chi connectivity index (χ3v) is 5.76. The number of aliphatic carboxylic acids is 1. The number of halogens is 1. The van der Waals surface area contributed by atoms with Crippen molar-refractivity contribution in [2.75, 3.05) is 11.9 Å². The maximum absolute atomic E-state index is 12.9. The quantitative estimate of drug-likeness (QED) is 0.244. The van der Waals surface area contributed by atoms with Gasteiger partial charge in [0, 0.05) is 10.6 Å². The first kappa shape index (κ1) is 27.7. The zero-order chi connectivity index (χ0) is 26.8. The summed E-state index contributed by atoms with van der Waals surface area (Å²) in [6, 6.07) is 18.4. The SMILES string of the molecule is N[C@@H](CO)C(=O)Nc1ccc(C(=O)N[C@@H](CCc2ccccc2)C(=O)O)cc1OCc1ccc(Cl)cc1. The summed E-state index contributed by atoms with van der Waals surface area (Å²) in [6.45, 7) is -0.446. The molecular weight excluding hydrogens is 498 g/mol. The van der Waals surface area contributed by atoms with Gasteiger partial charge in [-0.1, -0.05) is 54.1 Å². The molecule has 0 aliphatic heterocycles. The Balaban J connectivity index is 1.77. The third-order valence-electron chi connectivity index (χ3n) is 5.51. The van der Waals surface area contributed by atoms with E-state index in [1.807, 2.05) is 30.3 Å². The van der Waals surface area contributed by atoms with Crippen LogP contribution in [0.2, 0.25) is 5.02 Å². The molecule has 6 N–H and O–H groups in total. The molecule has 0 bridgehead atoms. The molecule has 0 aliphatic carbocycles. The summed E-state index contributed by atoms with van der Waals surface area (Å²) in [6.07, 6.45) is 0.682. The van der Waals surface area contributed by atoms with E-state index in [9.17, 15) is 19.5 Å². The number of aliphatic hydroxyl groups is 1. The summed E-state index contributed by atoms with van der Waals surface area (Å²) < 4.78 is 5.87. The number of nitrogens with two attached hydrogens (primary N) is 1. The monoisotopic (exact) mass is 525 g/mol. The summed E-state index contributed by atoms with van der Waals surface area (Å²) in [5.41, 5.74) is 7.71. The van der Waals surface area contributed by atoms with E-state index in [2.05, 4.69) is 10.6 Å². The van der Waals surface area contributed by atoms with Crippen LogP contribution in [0.5, 0.6) is 5.75 Å². The van der Waals surface area contributed by atoms with Gasteiger partial charge in [-0.3, -0.25) is 9.59 Å². The van der Waals surface area contributed by atoms with Crippen LogP contribution in [0.4, 0.5) is 5.69 Å². The molecule has 0 aromatic heterocycles. The lowest BCUT2D eigenvalue weighted by Crippen LogP contribution is -2.41. The normalized spacial score (nSPS) is 12.3. The zero-order valence-electron chi connectivity index (χ0n) is 19.9. The van der Waals surface area contributed by atoms with Crippen molar-refractivity contribution in [2.45, 2.75) is 31.5 Å². The summed E-state index contributed by atoms with van der Waals surface area (Å²) in [5.74, 6) is -2.23. The summed E-state index contributed by atoms with van der Waals surface area (Å²) >= 11 is 5.92. The molecule has 194 valence electrons. The van der Waals surface area contributed by atoms with Crippen molar-refractivity contribution in [3.63, 3.8) is 0 Å². The average Bonchev–Trinajstić information content (AvgIpc) is 2.91. The Morgan fingerprint density at radius 2 is 1.68 bits per heavy atom. The molecule has 3 aromatic rings. The molecular formula is C27H28ClN3O6. The predicted octanol–water partition coefficient (Wildman–Crippen LogP) is 2.99. The van der Waals surface area contributed by atoms with Crippen molar-refractivity contribution in [1.29, 1.82) is 0 Å². The molecule has 0 aliphatic rings. The van der Waals surface area contributed by atoms with E-state index in [4.69, 9.17) is 27.2 Å². The van der Waals surface area contributed by atoms with Gasteiger partial charge in [0.25, 0.3) is 5.91 Å². The lowest BCUT2D eigenvalue weighted by atomic mass is 10.0. The largest absolute Gasteiger partial charge is 0.487 e. The predicted molar refractivity (Wildman–Crippen MR) is 140 cm³/mol. The molecule has 0 radical (unpaired) electrons. The van der Waals surface area contributed by atoms with E-state index < -0.39 is 36.5 Å². The number of carbonyl (C=O) groups is 3. The molecule has 0 fully saturated rings. The summed E-state index contributed by atoms with van der Waals surface area (Å²) in [4.78, 5) is 36.9. The minimum atomic E-state index is -1.15. The molecule has 2 amide bonds. The van der Waals surface area contributed by atoms with Gasteiger partial charge in [-0.2, -0.15) is 0 Å². The van der Waals surface area contributed by atoms with Crippen molar-refractivity contribution in [1.82, 2.24) is 5.32 Å². The number of benzene rings is 3. The smallest absolute Gasteiger partial charge is 0.326 e. The molecule has 0 spiro atoms. The van der Waals surface area contributed by atoms with Gasteiger partial charge in [0.1, 0.15) is 24.4 Å². The van der Waals surface area contributed by atoms with Gasteiger partial charge in [0.15, 0.2) is 0 Å². The topological polar surface area (TPSA) is 151 Å². The van der Waals surface area contributed by atoms with Crippen LogP contribution in [0.25, 0.3) is 0 Å². The first-order valence-electron chi connectivity index (χ1n) is 11.5. The number of aryl methyl sites for hydroxylation is 1. The van der Waals surface area contributed by atoms with E-state index in [-0.39, 0.29) is 30.0 Å². The van der Waals surface area contributed by atoms with Crippen LogP contribution in [0, 0.1) is 0 Å². The fraction of sp³-hybridized carbons (Fsp3) is 0.222. The molecule has 9 nitrogen and oxygen atoms in total. The number of nitrogens with one attached hydrogen (secondary N) is 2. The van der Waals surface area contributed by atoms with Gasteiger partial charge in [-0.05, 0) is 54.3 Å². The van der Waals surface area contributed by atoms with E-state index >= 15 is 0 Å². The van der Waals surface area contributed by atoms with Crippen LogP contribution >= 0.6 is 11.6 Å². The van der Waals surface area contributed by atoms with Crippen LogP contribution < -0.4 is 21.1 Å². The third kappa shape index (κ3) is 8.32. The molecule has 2 atom stereocenters. The fourth-order valence-corrected chi connectivity index (χ4v) is 3.52. The van der Waals surface area contributed by atoms with Crippen LogP contribution in [0.1, 0.15) is 27.9 Å². The maximum atomic E-state index is 12.9. The Morgan fingerprint density at radius 1 is 0.973 bits per heavy atom. The van der Waals surface area contributed by atoms with Crippen LogP contribution in [-0.2, 0) is 22.6 Å². The highest BCUT2D eigenvalue weighted by molar-refractivity contribution is 6.30. The average molecular weight is 526 g/mol. The second-order valence-corrected chi connectivity index (χ2v) is 8.73. The number of hydrogen-bond donors (Lipinski definition) is 5. The number of anilines is 1. The van der Waals surface area contributed by atoms with Crippen molar-refractivity contribution in [3.05, 3.63) is 94.5 Å². The Hall–Kier alpha value is -3.92. The van der Waals surface area contributed by atoms with Crippen molar-refractivity contribution >= 4 is 35.1 Å². The summed E-state index contributed by atoms with van der Waals surface area (Å²) in [5, 5.41) is 24.5. The highest BCUT2D eigenvalue weighted by Gasteiger charge is 2.22. The number of ether oxygens (including phenoxy) is 1. The molecule has 0 unspecified atom stereocenters. The van der Waals surface area contributed by atoms with Crippen molar-refractivity contribution in [3.8, 4) is 5.75 Å². The maximum Gasteiger partial charge on any atom is 0.326 e. The molecule has 0 heterocycles. The van der Waals surface area contributed by atoms with Gasteiger partial charge < -0.3 is 31.3 Å². The van der Waals surface area contributed by atoms with Crippen molar-refractivity contribution < 1.29 is 29.3 Å². The molecule has 3 rings (SSSR count). The Morgan fingerprint density at radius 3 is 2.32 bits per heavy atom. The highest BCUT2D eigenvalue weighted by Crippen LogP contribution is 2.27. The second-order valence-electron chi connectivity index (χ2n) is 8.29. The standard InChI is InChI=1S/C27H28ClN3O6/c28-20-10-6-18(7-11-20)16-37-24-14-19(9-13-22(24)30-26(34)21(29)15-32)25(33)31-23(27(35)36)12-8-17-4-2-1-3-5-17/h1-7,9-11,13-14,21,23,32H,8,12,15-16,29H2,(H,30,34)(H,31,33)(H,35,36)/t21-,23-/m0/s1. The van der Waals surface area contributed by atoms with Gasteiger partial charge in [0.05, 0.1) is 12.3 Å². The number of carboxylic acids is 1. The highest BCUT2D eigenvalue weighted by atomic mass is 35.5. The first-order chi connectivity index (χ1) is 17.8. The van der Waals surface area contributed by atoms with Gasteiger partial charge in [-0.15, -0.1) is 0 Å². The van der Waals surface area contributed by atoms with Gasteiger partial charge >= 0.3 is 5.97 Å². The van der Waals surface area contributed by atoms with Crippen molar-refractivity contribution in [2.24, 2.45) is 5.73 Å². The number of rotatable bonds is 12. The zero-order valence-corrected chi connectivity index (χ0v) is 20.6. The van der Waals surface area contributed by atoms with E-state index in [1.54, 1.807) is 24.3 Å². The first-order valence-corrected chi connectivity index (χ1v) is 11.9. The Labute approximate surface area is 219 Å². The van der Waals surface area contributed by atoms with Crippen LogP contribution in [-0.4, -0.2) is 46.7 Å². The molecule has 3 aromatic carbocycles. The lowest BCUT2D eigenvalue weighted by molar-refractivity contribution is -0.139. The van der Waals surface area contributed by atoms with E-state index in [1.165, 1.54) is 18.2 Å². The Kier molecular flexibility index (Phi) is 10.0. The van der Waals surface area contributed by atoms with Gasteiger partial charge in [-0.25, -0.2) is 4.79 Å². The number of aliphatic hydroxyl groups excluding tert-OH is 1. The lowest BCUT2D eigenvalue weighted by Gasteiger charge is -2.17. The second kappa shape index (κ2) is 13.4. The number of hydrogen-bond acceptors (Lipinski definition) is 6. The van der Waals surface area contributed by atoms with Gasteiger partial charge in [0.2, 0.25) is 5.91 Å². The molecule has 0 saturated heterocycles. The molecule has 0 saturated carbocycles. The molecule has 10 heteroatoms. The van der Waals surface area contributed by atoms with Crippen LogP contribution in [0.15, 0.2) is 72.8 Å². The number of carboxylic acid groups (broad SMARTS) is 1. The minimum Gasteiger partial charge on any atom is -0.487 e. The minimum absolute atomic E-state index is 0.103. The number of amides is 2. The van der Waals surface area contributed by atoms with E-state index in [0.717, 1.165) is 11.1 Å². The number of carbonyl (C=O) groups excluding carboxylic acids is 2.